The summed E-state index contributed by atoms with van der Waals surface area (Å²) in [5.74, 6) is 0. The first-order valence-corrected chi connectivity index (χ1v) is 4.83. The Labute approximate surface area is 83.6 Å². The highest BCUT2D eigenvalue weighted by Gasteiger charge is 2.07. The SMILES string of the molecule is C[C@@H](N)Cc1cn(C)c2ncccc12. The van der Waals surface area contributed by atoms with Gasteiger partial charge in [-0.05, 0) is 31.0 Å². The highest BCUT2D eigenvalue weighted by molar-refractivity contribution is 5.80. The molecular formula is C11H15N3. The van der Waals surface area contributed by atoms with Gasteiger partial charge in [0.15, 0.2) is 0 Å². The van der Waals surface area contributed by atoms with Crippen LogP contribution in [0.3, 0.4) is 0 Å². The van der Waals surface area contributed by atoms with Crippen molar-refractivity contribution in [3.8, 4) is 0 Å². The average molecular weight is 189 g/mol. The van der Waals surface area contributed by atoms with Crippen LogP contribution < -0.4 is 5.73 Å². The first-order chi connectivity index (χ1) is 6.68. The molecule has 0 aliphatic heterocycles. The average Bonchev–Trinajstić information content (AvgIpc) is 2.44. The normalized spacial score (nSPS) is 13.4. The molecule has 0 saturated carbocycles. The third-order valence-electron chi connectivity index (χ3n) is 2.36. The topological polar surface area (TPSA) is 43.8 Å². The van der Waals surface area contributed by atoms with Crippen LogP contribution in [0.5, 0.6) is 0 Å². The summed E-state index contributed by atoms with van der Waals surface area (Å²) in [4.78, 5) is 4.33. The molecule has 14 heavy (non-hydrogen) atoms. The Morgan fingerprint density at radius 2 is 2.36 bits per heavy atom. The van der Waals surface area contributed by atoms with Crippen LogP contribution in [0.1, 0.15) is 12.5 Å². The van der Waals surface area contributed by atoms with Gasteiger partial charge >= 0.3 is 0 Å². The molecule has 0 aromatic carbocycles. The molecule has 3 nitrogen and oxygen atoms in total. The highest BCUT2D eigenvalue weighted by atomic mass is 15.0. The lowest BCUT2D eigenvalue weighted by Gasteiger charge is -2.01. The Morgan fingerprint density at radius 1 is 1.57 bits per heavy atom. The van der Waals surface area contributed by atoms with E-state index in [-0.39, 0.29) is 6.04 Å². The van der Waals surface area contributed by atoms with E-state index < -0.39 is 0 Å². The fourth-order valence-corrected chi connectivity index (χ4v) is 1.80. The largest absolute Gasteiger partial charge is 0.335 e. The van der Waals surface area contributed by atoms with Crippen molar-refractivity contribution < 1.29 is 0 Å². The molecule has 2 aromatic rings. The zero-order valence-corrected chi connectivity index (χ0v) is 8.57. The van der Waals surface area contributed by atoms with Gasteiger partial charge in [-0.15, -0.1) is 0 Å². The quantitative estimate of drug-likeness (QED) is 0.777. The molecule has 0 unspecified atom stereocenters. The number of aryl methyl sites for hydroxylation is 1. The third-order valence-corrected chi connectivity index (χ3v) is 2.36. The Bertz CT molecular complexity index is 443. The lowest BCUT2D eigenvalue weighted by atomic mass is 10.1. The smallest absolute Gasteiger partial charge is 0.139 e. The maximum absolute atomic E-state index is 5.80. The van der Waals surface area contributed by atoms with Crippen molar-refractivity contribution in [2.24, 2.45) is 12.8 Å². The first-order valence-electron chi connectivity index (χ1n) is 4.83. The van der Waals surface area contributed by atoms with Crippen molar-refractivity contribution in [2.45, 2.75) is 19.4 Å². The van der Waals surface area contributed by atoms with Crippen LogP contribution in [0.25, 0.3) is 11.0 Å². The van der Waals surface area contributed by atoms with Gasteiger partial charge in [-0.2, -0.15) is 0 Å². The van der Waals surface area contributed by atoms with Crippen LogP contribution in [-0.4, -0.2) is 15.6 Å². The van der Waals surface area contributed by atoms with E-state index >= 15 is 0 Å². The van der Waals surface area contributed by atoms with E-state index in [1.165, 1.54) is 10.9 Å². The van der Waals surface area contributed by atoms with Gasteiger partial charge in [0.25, 0.3) is 0 Å². The lowest BCUT2D eigenvalue weighted by molar-refractivity contribution is 0.738. The molecule has 0 aliphatic carbocycles. The predicted molar refractivity (Wildman–Crippen MR) is 58.1 cm³/mol. The standard InChI is InChI=1S/C11H15N3/c1-8(12)6-9-7-14(2)11-10(9)4-3-5-13-11/h3-5,7-8H,6,12H2,1-2H3/t8-/m1/s1. The molecule has 0 fully saturated rings. The Morgan fingerprint density at radius 3 is 3.07 bits per heavy atom. The molecule has 0 radical (unpaired) electrons. The summed E-state index contributed by atoms with van der Waals surface area (Å²) in [5, 5.41) is 1.22. The first kappa shape index (κ1) is 9.21. The van der Waals surface area contributed by atoms with E-state index in [9.17, 15) is 0 Å². The van der Waals surface area contributed by atoms with Crippen molar-refractivity contribution in [1.29, 1.82) is 0 Å². The van der Waals surface area contributed by atoms with Crippen molar-refractivity contribution in [3.05, 3.63) is 30.1 Å². The molecule has 0 amide bonds. The predicted octanol–water partition coefficient (Wildman–Crippen LogP) is 1.46. The molecule has 74 valence electrons. The molecule has 1 atom stereocenters. The molecule has 2 N–H and O–H groups in total. The van der Waals surface area contributed by atoms with E-state index in [4.69, 9.17) is 5.73 Å². The second kappa shape index (κ2) is 3.42. The maximum Gasteiger partial charge on any atom is 0.139 e. The third kappa shape index (κ3) is 1.51. The van der Waals surface area contributed by atoms with Gasteiger partial charge in [0.2, 0.25) is 0 Å². The van der Waals surface area contributed by atoms with Gasteiger partial charge in [-0.25, -0.2) is 4.98 Å². The van der Waals surface area contributed by atoms with E-state index in [1.807, 2.05) is 30.8 Å². The zero-order valence-electron chi connectivity index (χ0n) is 8.57. The molecule has 2 rings (SSSR count). The lowest BCUT2D eigenvalue weighted by Crippen LogP contribution is -2.17. The van der Waals surface area contributed by atoms with Crippen LogP contribution in [0.4, 0.5) is 0 Å². The number of nitrogens with two attached hydrogens (primary N) is 1. The monoisotopic (exact) mass is 189 g/mol. The molecule has 2 aromatic heterocycles. The fourth-order valence-electron chi connectivity index (χ4n) is 1.80. The Balaban J connectivity index is 2.55. The van der Waals surface area contributed by atoms with E-state index in [0.717, 1.165) is 12.1 Å². The number of pyridine rings is 1. The van der Waals surface area contributed by atoms with Crippen LogP contribution in [0, 0.1) is 0 Å². The minimum Gasteiger partial charge on any atom is -0.335 e. The number of rotatable bonds is 2. The fraction of sp³-hybridized carbons (Fsp3) is 0.364. The summed E-state index contributed by atoms with van der Waals surface area (Å²) in [7, 11) is 2.01. The van der Waals surface area contributed by atoms with Gasteiger partial charge in [0.05, 0.1) is 0 Å². The minimum atomic E-state index is 0.195. The van der Waals surface area contributed by atoms with Crippen LogP contribution in [0.15, 0.2) is 24.5 Å². The molecular weight excluding hydrogens is 174 g/mol. The van der Waals surface area contributed by atoms with Gasteiger partial charge in [0, 0.05) is 30.9 Å². The molecule has 3 heteroatoms. The van der Waals surface area contributed by atoms with Gasteiger partial charge in [-0.3, -0.25) is 0 Å². The molecule has 0 aliphatic rings. The van der Waals surface area contributed by atoms with E-state index in [1.54, 1.807) is 0 Å². The summed E-state index contributed by atoms with van der Waals surface area (Å²) in [6.07, 6.45) is 4.84. The second-order valence-corrected chi connectivity index (χ2v) is 3.82. The number of aromatic nitrogens is 2. The Kier molecular flexibility index (Phi) is 2.25. The van der Waals surface area contributed by atoms with Crippen LogP contribution in [0.2, 0.25) is 0 Å². The summed E-state index contributed by atoms with van der Waals surface area (Å²) in [6, 6.07) is 4.26. The molecule has 0 spiro atoms. The Hall–Kier alpha value is -1.35. The van der Waals surface area contributed by atoms with E-state index in [2.05, 4.69) is 17.2 Å². The van der Waals surface area contributed by atoms with Crippen molar-refractivity contribution >= 4 is 11.0 Å². The molecule has 2 heterocycles. The maximum atomic E-state index is 5.80. The molecule has 0 bridgehead atoms. The zero-order chi connectivity index (χ0) is 10.1. The van der Waals surface area contributed by atoms with Gasteiger partial charge < -0.3 is 10.3 Å². The second-order valence-electron chi connectivity index (χ2n) is 3.82. The number of fused-ring (bicyclic) bond motifs is 1. The van der Waals surface area contributed by atoms with Crippen molar-refractivity contribution in [1.82, 2.24) is 9.55 Å². The molecule has 0 saturated heterocycles. The number of nitrogens with zero attached hydrogens (tertiary/aromatic N) is 2. The van der Waals surface area contributed by atoms with Gasteiger partial charge in [0.1, 0.15) is 5.65 Å². The van der Waals surface area contributed by atoms with Crippen LogP contribution >= 0.6 is 0 Å². The highest BCUT2D eigenvalue weighted by Crippen LogP contribution is 2.18. The van der Waals surface area contributed by atoms with Crippen molar-refractivity contribution in [2.75, 3.05) is 0 Å². The van der Waals surface area contributed by atoms with Crippen molar-refractivity contribution in [3.63, 3.8) is 0 Å². The number of hydrogen-bond acceptors (Lipinski definition) is 2. The van der Waals surface area contributed by atoms with E-state index in [0.29, 0.717) is 0 Å². The summed E-state index contributed by atoms with van der Waals surface area (Å²) in [5.41, 5.74) is 8.11. The summed E-state index contributed by atoms with van der Waals surface area (Å²) in [6.45, 7) is 2.02. The summed E-state index contributed by atoms with van der Waals surface area (Å²) < 4.78 is 2.05. The number of hydrogen-bond donors (Lipinski definition) is 1. The van der Waals surface area contributed by atoms with Crippen LogP contribution in [-0.2, 0) is 13.5 Å². The minimum absolute atomic E-state index is 0.195. The van der Waals surface area contributed by atoms with Gasteiger partial charge in [-0.1, -0.05) is 0 Å². The summed E-state index contributed by atoms with van der Waals surface area (Å²) >= 11 is 0.